The Morgan fingerprint density at radius 2 is 2.31 bits per heavy atom. The molecule has 0 radical (unpaired) electrons. The molecule has 1 aliphatic heterocycles. The maximum absolute atomic E-state index is 11.3. The van der Waals surface area contributed by atoms with Gasteiger partial charge in [0.2, 0.25) is 0 Å². The van der Waals surface area contributed by atoms with Crippen LogP contribution in [-0.4, -0.2) is 31.2 Å². The number of hydrogen-bond acceptors (Lipinski definition) is 3. The van der Waals surface area contributed by atoms with Gasteiger partial charge in [-0.2, -0.15) is 0 Å². The van der Waals surface area contributed by atoms with Crippen LogP contribution in [0.2, 0.25) is 0 Å². The topological polar surface area (TPSA) is 29.5 Å². The molecule has 0 spiro atoms. The molecule has 0 N–H and O–H groups in total. The summed E-state index contributed by atoms with van der Waals surface area (Å²) in [5.74, 6) is 0.722. The van der Waals surface area contributed by atoms with Gasteiger partial charge in [-0.3, -0.25) is 0 Å². The Labute approximate surface area is 100 Å². The molecule has 1 amide bonds. The Balaban J connectivity index is 1.79. The lowest BCUT2D eigenvalue weighted by Gasteiger charge is -2.30. The van der Waals surface area contributed by atoms with E-state index in [1.165, 1.54) is 12.0 Å². The number of nitrogens with zero attached hydrogens (tertiary/aromatic N) is 1. The summed E-state index contributed by atoms with van der Waals surface area (Å²) in [5.41, 5.74) is 0. The molecule has 4 heteroatoms. The van der Waals surface area contributed by atoms with Crippen molar-refractivity contribution in [3.05, 3.63) is 22.4 Å². The van der Waals surface area contributed by atoms with Crippen molar-refractivity contribution in [2.75, 3.05) is 20.2 Å². The highest BCUT2D eigenvalue weighted by atomic mass is 32.1. The number of methoxy groups -OCH3 is 1. The number of thiophene rings is 1. The highest BCUT2D eigenvalue weighted by Gasteiger charge is 2.23. The fraction of sp³-hybridized carbons (Fsp3) is 0.583. The van der Waals surface area contributed by atoms with E-state index >= 15 is 0 Å². The smallest absolute Gasteiger partial charge is 0.409 e. The summed E-state index contributed by atoms with van der Waals surface area (Å²) in [6, 6.07) is 4.29. The predicted molar refractivity (Wildman–Crippen MR) is 64.7 cm³/mol. The van der Waals surface area contributed by atoms with Gasteiger partial charge in [0.05, 0.1) is 7.11 Å². The number of piperidine rings is 1. The first-order valence-electron chi connectivity index (χ1n) is 5.65. The van der Waals surface area contributed by atoms with E-state index in [-0.39, 0.29) is 6.09 Å². The van der Waals surface area contributed by atoms with Crippen molar-refractivity contribution in [2.45, 2.75) is 19.3 Å². The third-order valence-electron chi connectivity index (χ3n) is 3.12. The van der Waals surface area contributed by atoms with Crippen LogP contribution in [0.15, 0.2) is 17.5 Å². The lowest BCUT2D eigenvalue weighted by atomic mass is 9.93. The minimum atomic E-state index is -0.186. The third kappa shape index (κ3) is 2.76. The molecular formula is C12H17NO2S. The Hall–Kier alpha value is -1.03. The molecule has 0 aliphatic carbocycles. The molecule has 1 fully saturated rings. The number of carbonyl (C=O) groups is 1. The van der Waals surface area contributed by atoms with Gasteiger partial charge in [0, 0.05) is 18.0 Å². The van der Waals surface area contributed by atoms with Crippen molar-refractivity contribution in [3.63, 3.8) is 0 Å². The van der Waals surface area contributed by atoms with Gasteiger partial charge in [-0.1, -0.05) is 6.07 Å². The number of likely N-dealkylation sites (tertiary alicyclic amines) is 1. The lowest BCUT2D eigenvalue weighted by molar-refractivity contribution is 0.106. The largest absolute Gasteiger partial charge is 0.453 e. The normalized spacial score (nSPS) is 17.4. The summed E-state index contributed by atoms with van der Waals surface area (Å²) >= 11 is 1.82. The van der Waals surface area contributed by atoms with Crippen LogP contribution in [0.5, 0.6) is 0 Å². The number of ether oxygens (including phenoxy) is 1. The van der Waals surface area contributed by atoms with E-state index in [1.54, 1.807) is 4.90 Å². The van der Waals surface area contributed by atoms with E-state index in [9.17, 15) is 4.79 Å². The average Bonchev–Trinajstić information content (AvgIpc) is 2.82. The molecule has 88 valence electrons. The van der Waals surface area contributed by atoms with Gasteiger partial charge in [-0.25, -0.2) is 4.79 Å². The fourth-order valence-electron chi connectivity index (χ4n) is 2.16. The second-order valence-electron chi connectivity index (χ2n) is 4.18. The van der Waals surface area contributed by atoms with Gasteiger partial charge in [0.25, 0.3) is 0 Å². The molecule has 3 nitrogen and oxygen atoms in total. The zero-order valence-electron chi connectivity index (χ0n) is 9.52. The van der Waals surface area contributed by atoms with Crippen LogP contribution in [0.1, 0.15) is 17.7 Å². The van der Waals surface area contributed by atoms with E-state index in [1.807, 2.05) is 11.3 Å². The van der Waals surface area contributed by atoms with Gasteiger partial charge in [0.1, 0.15) is 0 Å². The molecule has 0 unspecified atom stereocenters. The maximum Gasteiger partial charge on any atom is 0.409 e. The van der Waals surface area contributed by atoms with Crippen molar-refractivity contribution in [3.8, 4) is 0 Å². The quantitative estimate of drug-likeness (QED) is 0.794. The molecule has 0 saturated carbocycles. The summed E-state index contributed by atoms with van der Waals surface area (Å²) in [4.78, 5) is 14.5. The minimum Gasteiger partial charge on any atom is -0.453 e. The molecule has 0 bridgehead atoms. The summed E-state index contributed by atoms with van der Waals surface area (Å²) < 4.78 is 4.72. The van der Waals surface area contributed by atoms with E-state index < -0.39 is 0 Å². The molecule has 1 aromatic heterocycles. The Morgan fingerprint density at radius 1 is 1.56 bits per heavy atom. The summed E-state index contributed by atoms with van der Waals surface area (Å²) in [6.07, 6.45) is 3.15. The van der Waals surface area contributed by atoms with E-state index in [4.69, 9.17) is 4.74 Å². The van der Waals surface area contributed by atoms with Crippen LogP contribution in [0.4, 0.5) is 4.79 Å². The summed E-state index contributed by atoms with van der Waals surface area (Å²) in [7, 11) is 1.44. The molecule has 1 aromatic rings. The number of rotatable bonds is 2. The monoisotopic (exact) mass is 239 g/mol. The van der Waals surface area contributed by atoms with E-state index in [0.29, 0.717) is 0 Å². The molecule has 2 rings (SSSR count). The minimum absolute atomic E-state index is 0.186. The average molecular weight is 239 g/mol. The molecule has 2 heterocycles. The van der Waals surface area contributed by atoms with Crippen molar-refractivity contribution in [1.29, 1.82) is 0 Å². The van der Waals surface area contributed by atoms with Gasteiger partial charge in [-0.15, -0.1) is 11.3 Å². The standard InChI is InChI=1S/C12H17NO2S/c1-15-12(14)13-6-4-10(5-7-13)9-11-3-2-8-16-11/h2-3,8,10H,4-7,9H2,1H3. The lowest BCUT2D eigenvalue weighted by Crippen LogP contribution is -2.38. The number of carbonyl (C=O) groups excluding carboxylic acids is 1. The van der Waals surface area contributed by atoms with Gasteiger partial charge >= 0.3 is 6.09 Å². The van der Waals surface area contributed by atoms with Crippen molar-refractivity contribution in [2.24, 2.45) is 5.92 Å². The Kier molecular flexibility index (Phi) is 3.83. The highest BCUT2D eigenvalue weighted by Crippen LogP contribution is 2.23. The third-order valence-corrected chi connectivity index (χ3v) is 4.02. The second-order valence-corrected chi connectivity index (χ2v) is 5.22. The summed E-state index contributed by atoms with van der Waals surface area (Å²) in [5, 5.41) is 2.12. The van der Waals surface area contributed by atoms with E-state index in [0.717, 1.165) is 38.3 Å². The number of hydrogen-bond donors (Lipinski definition) is 0. The van der Waals surface area contributed by atoms with Crippen LogP contribution in [-0.2, 0) is 11.2 Å². The van der Waals surface area contributed by atoms with Gasteiger partial charge in [0.15, 0.2) is 0 Å². The van der Waals surface area contributed by atoms with Crippen LogP contribution in [0.25, 0.3) is 0 Å². The van der Waals surface area contributed by atoms with Crippen molar-refractivity contribution < 1.29 is 9.53 Å². The van der Waals surface area contributed by atoms with Crippen LogP contribution in [0, 0.1) is 5.92 Å². The molecule has 1 aliphatic rings. The van der Waals surface area contributed by atoms with Gasteiger partial charge < -0.3 is 9.64 Å². The zero-order chi connectivity index (χ0) is 11.4. The SMILES string of the molecule is COC(=O)N1CCC(Cc2cccs2)CC1. The van der Waals surface area contributed by atoms with E-state index in [2.05, 4.69) is 17.5 Å². The molecular weight excluding hydrogens is 222 g/mol. The van der Waals surface area contributed by atoms with Crippen molar-refractivity contribution in [1.82, 2.24) is 4.90 Å². The number of amides is 1. The fourth-order valence-corrected chi connectivity index (χ4v) is 2.98. The van der Waals surface area contributed by atoms with Crippen LogP contribution >= 0.6 is 11.3 Å². The zero-order valence-corrected chi connectivity index (χ0v) is 10.3. The molecule has 16 heavy (non-hydrogen) atoms. The second kappa shape index (κ2) is 5.34. The Morgan fingerprint density at radius 3 is 2.88 bits per heavy atom. The van der Waals surface area contributed by atoms with Gasteiger partial charge in [-0.05, 0) is 36.6 Å². The first-order chi connectivity index (χ1) is 7.79. The molecule has 1 saturated heterocycles. The predicted octanol–water partition coefficient (Wildman–Crippen LogP) is 2.77. The summed E-state index contributed by atoms with van der Waals surface area (Å²) in [6.45, 7) is 1.67. The molecule has 0 aromatic carbocycles. The van der Waals surface area contributed by atoms with Crippen LogP contribution in [0.3, 0.4) is 0 Å². The van der Waals surface area contributed by atoms with Crippen LogP contribution < -0.4 is 0 Å². The first-order valence-corrected chi connectivity index (χ1v) is 6.53. The molecule has 0 atom stereocenters. The van der Waals surface area contributed by atoms with Crippen molar-refractivity contribution >= 4 is 17.4 Å². The Bertz CT molecular complexity index is 329. The maximum atomic E-state index is 11.3. The first kappa shape index (κ1) is 11.5. The highest BCUT2D eigenvalue weighted by molar-refractivity contribution is 7.09.